The standard InChI is InChI=1S/C16H20F3NO/c17-16(18,19)12-6-8-20(9-7-12)15-3-1-2-11-4-5-13(21)10-14(11)15/h4-5,10,12,15,21H,1-3,6-9H2. The number of phenols is 1. The van der Waals surface area contributed by atoms with Crippen LogP contribution in [-0.4, -0.2) is 29.3 Å². The van der Waals surface area contributed by atoms with Crippen molar-refractivity contribution in [3.05, 3.63) is 29.3 Å². The molecule has 21 heavy (non-hydrogen) atoms. The summed E-state index contributed by atoms with van der Waals surface area (Å²) in [7, 11) is 0. The average Bonchev–Trinajstić information content (AvgIpc) is 2.46. The van der Waals surface area contributed by atoms with E-state index in [1.54, 1.807) is 12.1 Å². The minimum absolute atomic E-state index is 0.162. The zero-order valence-corrected chi connectivity index (χ0v) is 11.9. The van der Waals surface area contributed by atoms with Crippen molar-refractivity contribution in [2.24, 2.45) is 5.92 Å². The molecular weight excluding hydrogens is 279 g/mol. The minimum atomic E-state index is -4.06. The smallest absolute Gasteiger partial charge is 0.391 e. The Morgan fingerprint density at radius 1 is 1.10 bits per heavy atom. The summed E-state index contributed by atoms with van der Waals surface area (Å²) < 4.78 is 38.3. The van der Waals surface area contributed by atoms with Gasteiger partial charge in [-0.1, -0.05) is 6.07 Å². The zero-order valence-electron chi connectivity index (χ0n) is 11.9. The first-order valence-electron chi connectivity index (χ1n) is 7.57. The molecule has 1 heterocycles. The summed E-state index contributed by atoms with van der Waals surface area (Å²) in [5.41, 5.74) is 2.33. The predicted octanol–water partition coefficient (Wildman–Crippen LogP) is 4.04. The van der Waals surface area contributed by atoms with E-state index in [1.165, 1.54) is 5.56 Å². The molecule has 1 saturated heterocycles. The quantitative estimate of drug-likeness (QED) is 0.846. The van der Waals surface area contributed by atoms with E-state index >= 15 is 0 Å². The molecule has 5 heteroatoms. The number of phenolic OH excluding ortho intramolecular Hbond substituents is 1. The number of aryl methyl sites for hydroxylation is 1. The largest absolute Gasteiger partial charge is 0.508 e. The highest BCUT2D eigenvalue weighted by molar-refractivity contribution is 5.38. The molecule has 0 spiro atoms. The van der Waals surface area contributed by atoms with Crippen molar-refractivity contribution in [2.75, 3.05) is 13.1 Å². The molecule has 1 N–H and O–H groups in total. The number of fused-ring (bicyclic) bond motifs is 1. The monoisotopic (exact) mass is 299 g/mol. The van der Waals surface area contributed by atoms with E-state index in [-0.39, 0.29) is 24.6 Å². The Balaban J connectivity index is 1.74. The Labute approximate surface area is 122 Å². The van der Waals surface area contributed by atoms with E-state index in [0.717, 1.165) is 24.8 Å². The summed E-state index contributed by atoms with van der Waals surface area (Å²) in [5.74, 6) is -0.910. The molecule has 1 unspecified atom stereocenters. The maximum absolute atomic E-state index is 12.8. The number of aromatic hydroxyl groups is 1. The lowest BCUT2D eigenvalue weighted by atomic mass is 9.85. The van der Waals surface area contributed by atoms with Crippen LogP contribution in [0.4, 0.5) is 13.2 Å². The number of hydrogen-bond acceptors (Lipinski definition) is 2. The summed E-state index contributed by atoms with van der Waals surface area (Å²) in [6.45, 7) is 0.980. The zero-order chi connectivity index (χ0) is 15.0. The minimum Gasteiger partial charge on any atom is -0.508 e. The van der Waals surface area contributed by atoms with E-state index in [1.807, 2.05) is 6.07 Å². The molecule has 0 radical (unpaired) electrons. The van der Waals surface area contributed by atoms with E-state index in [0.29, 0.717) is 13.1 Å². The Bertz CT molecular complexity index is 507. The van der Waals surface area contributed by atoms with Gasteiger partial charge in [-0.25, -0.2) is 0 Å². The number of benzene rings is 1. The Hall–Kier alpha value is -1.23. The number of hydrogen-bond donors (Lipinski definition) is 1. The maximum Gasteiger partial charge on any atom is 0.391 e. The molecule has 0 bridgehead atoms. The highest BCUT2D eigenvalue weighted by Crippen LogP contribution is 2.40. The highest BCUT2D eigenvalue weighted by Gasteiger charge is 2.42. The summed E-state index contributed by atoms with van der Waals surface area (Å²) in [6.07, 6.45) is -0.670. The van der Waals surface area contributed by atoms with Gasteiger partial charge in [0, 0.05) is 6.04 Å². The van der Waals surface area contributed by atoms with E-state index in [4.69, 9.17) is 0 Å². The summed E-state index contributed by atoms with van der Waals surface area (Å²) in [4.78, 5) is 2.17. The van der Waals surface area contributed by atoms with Crippen molar-refractivity contribution in [2.45, 2.75) is 44.3 Å². The van der Waals surface area contributed by atoms with Crippen molar-refractivity contribution >= 4 is 0 Å². The fourth-order valence-corrected chi connectivity index (χ4v) is 3.68. The van der Waals surface area contributed by atoms with E-state index in [9.17, 15) is 18.3 Å². The van der Waals surface area contributed by atoms with Gasteiger partial charge in [0.2, 0.25) is 0 Å². The fraction of sp³-hybridized carbons (Fsp3) is 0.625. The lowest BCUT2D eigenvalue weighted by Gasteiger charge is -2.40. The highest BCUT2D eigenvalue weighted by atomic mass is 19.4. The van der Waals surface area contributed by atoms with E-state index < -0.39 is 12.1 Å². The van der Waals surface area contributed by atoms with Crippen molar-refractivity contribution < 1.29 is 18.3 Å². The van der Waals surface area contributed by atoms with Crippen LogP contribution in [0.5, 0.6) is 5.75 Å². The van der Waals surface area contributed by atoms with Gasteiger partial charge in [0.15, 0.2) is 0 Å². The first-order valence-corrected chi connectivity index (χ1v) is 7.57. The van der Waals surface area contributed by atoms with Crippen LogP contribution in [0.15, 0.2) is 18.2 Å². The van der Waals surface area contributed by atoms with Crippen LogP contribution in [0, 0.1) is 5.92 Å². The van der Waals surface area contributed by atoms with Crippen molar-refractivity contribution in [1.82, 2.24) is 4.90 Å². The molecule has 1 aromatic rings. The van der Waals surface area contributed by atoms with Crippen LogP contribution in [-0.2, 0) is 6.42 Å². The number of rotatable bonds is 1. The number of piperidine rings is 1. The van der Waals surface area contributed by atoms with Crippen molar-refractivity contribution in [1.29, 1.82) is 0 Å². The number of nitrogens with zero attached hydrogens (tertiary/aromatic N) is 1. The number of halogens is 3. The molecule has 1 aliphatic heterocycles. The van der Waals surface area contributed by atoms with Gasteiger partial charge in [0.05, 0.1) is 5.92 Å². The molecular formula is C16H20F3NO. The van der Waals surface area contributed by atoms with Gasteiger partial charge in [-0.2, -0.15) is 13.2 Å². The van der Waals surface area contributed by atoms with Crippen LogP contribution in [0.3, 0.4) is 0 Å². The third-order valence-corrected chi connectivity index (χ3v) is 4.85. The lowest BCUT2D eigenvalue weighted by Crippen LogP contribution is -2.41. The van der Waals surface area contributed by atoms with Crippen LogP contribution in [0.25, 0.3) is 0 Å². The molecule has 2 nitrogen and oxygen atoms in total. The predicted molar refractivity (Wildman–Crippen MR) is 74.1 cm³/mol. The summed E-state index contributed by atoms with van der Waals surface area (Å²) in [6, 6.07) is 5.58. The van der Waals surface area contributed by atoms with Crippen LogP contribution in [0.2, 0.25) is 0 Å². The first-order chi connectivity index (χ1) is 9.95. The number of likely N-dealkylation sites (tertiary alicyclic amines) is 1. The summed E-state index contributed by atoms with van der Waals surface area (Å²) >= 11 is 0. The maximum atomic E-state index is 12.8. The van der Waals surface area contributed by atoms with Crippen LogP contribution >= 0.6 is 0 Å². The van der Waals surface area contributed by atoms with Crippen molar-refractivity contribution in [3.8, 4) is 5.75 Å². The Kier molecular flexibility index (Phi) is 3.86. The second-order valence-electron chi connectivity index (χ2n) is 6.14. The Morgan fingerprint density at radius 2 is 1.81 bits per heavy atom. The van der Waals surface area contributed by atoms with Gasteiger partial charge >= 0.3 is 6.18 Å². The molecule has 1 fully saturated rings. The topological polar surface area (TPSA) is 23.5 Å². The van der Waals surface area contributed by atoms with Gasteiger partial charge in [0.1, 0.15) is 5.75 Å². The molecule has 3 rings (SSSR count). The average molecular weight is 299 g/mol. The molecule has 1 atom stereocenters. The molecule has 0 saturated carbocycles. The van der Waals surface area contributed by atoms with E-state index in [2.05, 4.69) is 4.90 Å². The normalized spacial score (nSPS) is 24.8. The lowest BCUT2D eigenvalue weighted by molar-refractivity contribution is -0.186. The van der Waals surface area contributed by atoms with Gasteiger partial charge in [-0.15, -0.1) is 0 Å². The third kappa shape index (κ3) is 3.03. The van der Waals surface area contributed by atoms with Gasteiger partial charge in [-0.3, -0.25) is 4.90 Å². The second kappa shape index (κ2) is 5.52. The summed E-state index contributed by atoms with van der Waals surface area (Å²) in [5, 5.41) is 9.69. The molecule has 116 valence electrons. The SMILES string of the molecule is Oc1ccc2c(c1)C(N1CCC(C(F)(F)F)CC1)CCC2. The Morgan fingerprint density at radius 3 is 2.48 bits per heavy atom. The molecule has 0 amide bonds. The number of alkyl halides is 3. The third-order valence-electron chi connectivity index (χ3n) is 4.85. The van der Waals surface area contributed by atoms with Crippen LogP contribution in [0.1, 0.15) is 42.9 Å². The fourth-order valence-electron chi connectivity index (χ4n) is 3.68. The molecule has 1 aromatic carbocycles. The van der Waals surface area contributed by atoms with Crippen molar-refractivity contribution in [3.63, 3.8) is 0 Å². The van der Waals surface area contributed by atoms with Gasteiger partial charge in [-0.05, 0) is 68.5 Å². The molecule has 0 aromatic heterocycles. The first kappa shape index (κ1) is 14.7. The second-order valence-corrected chi connectivity index (χ2v) is 6.14. The molecule has 2 aliphatic rings. The molecule has 1 aliphatic carbocycles. The van der Waals surface area contributed by atoms with Gasteiger partial charge < -0.3 is 5.11 Å². The van der Waals surface area contributed by atoms with Gasteiger partial charge in [0.25, 0.3) is 0 Å². The van der Waals surface area contributed by atoms with Crippen LogP contribution < -0.4 is 0 Å².